The van der Waals surface area contributed by atoms with Crippen LogP contribution in [0.5, 0.6) is 0 Å². The van der Waals surface area contributed by atoms with E-state index in [1.165, 1.54) is 0 Å². The minimum atomic E-state index is -0.407. The monoisotopic (exact) mass is 285 g/mol. The topological polar surface area (TPSA) is 71.5 Å². The quantitative estimate of drug-likeness (QED) is 0.863. The number of amides is 2. The van der Waals surface area contributed by atoms with E-state index in [0.29, 0.717) is 22.3 Å². The fourth-order valence-corrected chi connectivity index (χ4v) is 2.10. The summed E-state index contributed by atoms with van der Waals surface area (Å²) >= 11 is 1.12. The SMILES string of the molecule is CCOC(=O)c1sc(NC(=O)N(C)C(C)C)nc1C. The highest BCUT2D eigenvalue weighted by molar-refractivity contribution is 7.17. The van der Waals surface area contributed by atoms with Crippen molar-refractivity contribution in [1.82, 2.24) is 9.88 Å². The molecule has 19 heavy (non-hydrogen) atoms. The highest BCUT2D eigenvalue weighted by Crippen LogP contribution is 2.23. The van der Waals surface area contributed by atoms with Gasteiger partial charge in [0, 0.05) is 13.1 Å². The number of hydrogen-bond acceptors (Lipinski definition) is 5. The zero-order valence-corrected chi connectivity index (χ0v) is 12.6. The molecule has 0 fully saturated rings. The Kier molecular flexibility index (Phi) is 5.29. The molecule has 2 amide bonds. The third-order valence-corrected chi connectivity index (χ3v) is 3.62. The molecular formula is C12H19N3O3S. The lowest BCUT2D eigenvalue weighted by atomic mass is 10.4. The van der Waals surface area contributed by atoms with Gasteiger partial charge >= 0.3 is 12.0 Å². The first-order valence-electron chi connectivity index (χ1n) is 6.05. The third kappa shape index (κ3) is 3.92. The molecule has 1 heterocycles. The van der Waals surface area contributed by atoms with Crippen LogP contribution in [-0.4, -0.2) is 41.6 Å². The van der Waals surface area contributed by atoms with E-state index in [2.05, 4.69) is 10.3 Å². The fraction of sp³-hybridized carbons (Fsp3) is 0.583. The molecule has 0 spiro atoms. The Morgan fingerprint density at radius 2 is 2.11 bits per heavy atom. The average Bonchev–Trinajstić information content (AvgIpc) is 2.69. The Bertz CT molecular complexity index is 471. The molecule has 0 radical (unpaired) electrons. The predicted molar refractivity (Wildman–Crippen MR) is 74.7 cm³/mol. The number of esters is 1. The number of carbonyl (C=O) groups excluding carboxylic acids is 2. The van der Waals surface area contributed by atoms with Crippen molar-refractivity contribution >= 4 is 28.5 Å². The van der Waals surface area contributed by atoms with Crippen LogP contribution in [0.25, 0.3) is 0 Å². The van der Waals surface area contributed by atoms with Crippen LogP contribution in [0.3, 0.4) is 0 Å². The molecule has 0 aliphatic heterocycles. The number of ether oxygens (including phenoxy) is 1. The second-order valence-electron chi connectivity index (χ2n) is 4.29. The Hall–Kier alpha value is -1.63. The van der Waals surface area contributed by atoms with Crippen LogP contribution in [0.1, 0.15) is 36.1 Å². The first-order valence-corrected chi connectivity index (χ1v) is 6.86. The van der Waals surface area contributed by atoms with E-state index in [1.54, 1.807) is 25.8 Å². The molecule has 7 heteroatoms. The molecule has 1 aromatic heterocycles. The van der Waals surface area contributed by atoms with Crippen LogP contribution in [-0.2, 0) is 4.74 Å². The van der Waals surface area contributed by atoms with E-state index >= 15 is 0 Å². The van der Waals surface area contributed by atoms with E-state index in [4.69, 9.17) is 4.74 Å². The van der Waals surface area contributed by atoms with Gasteiger partial charge in [0.1, 0.15) is 4.88 Å². The number of nitrogens with one attached hydrogen (secondary N) is 1. The number of urea groups is 1. The predicted octanol–water partition coefficient (Wildman–Crippen LogP) is 2.50. The highest BCUT2D eigenvalue weighted by Gasteiger charge is 2.19. The van der Waals surface area contributed by atoms with Gasteiger partial charge < -0.3 is 9.64 Å². The summed E-state index contributed by atoms with van der Waals surface area (Å²) in [5.74, 6) is -0.407. The molecule has 1 rings (SSSR count). The van der Waals surface area contributed by atoms with Crippen molar-refractivity contribution in [3.8, 4) is 0 Å². The van der Waals surface area contributed by atoms with Crippen molar-refractivity contribution in [2.24, 2.45) is 0 Å². The van der Waals surface area contributed by atoms with Crippen molar-refractivity contribution < 1.29 is 14.3 Å². The minimum Gasteiger partial charge on any atom is -0.462 e. The zero-order valence-electron chi connectivity index (χ0n) is 11.8. The number of thiazole rings is 1. The smallest absolute Gasteiger partial charge is 0.350 e. The van der Waals surface area contributed by atoms with Crippen molar-refractivity contribution in [2.45, 2.75) is 33.7 Å². The van der Waals surface area contributed by atoms with Crippen molar-refractivity contribution in [3.63, 3.8) is 0 Å². The van der Waals surface area contributed by atoms with E-state index in [9.17, 15) is 9.59 Å². The molecule has 1 aromatic rings. The van der Waals surface area contributed by atoms with Crippen LogP contribution in [0.15, 0.2) is 0 Å². The first-order chi connectivity index (χ1) is 8.86. The summed E-state index contributed by atoms with van der Waals surface area (Å²) in [6.45, 7) is 7.60. The van der Waals surface area contributed by atoms with E-state index in [0.717, 1.165) is 11.3 Å². The molecular weight excluding hydrogens is 266 g/mol. The maximum absolute atomic E-state index is 11.8. The highest BCUT2D eigenvalue weighted by atomic mass is 32.1. The Balaban J connectivity index is 2.79. The summed E-state index contributed by atoms with van der Waals surface area (Å²) in [6.07, 6.45) is 0. The summed E-state index contributed by atoms with van der Waals surface area (Å²) in [4.78, 5) is 29.6. The largest absolute Gasteiger partial charge is 0.462 e. The minimum absolute atomic E-state index is 0.0885. The summed E-state index contributed by atoms with van der Waals surface area (Å²) in [6, 6.07) is -0.162. The van der Waals surface area contributed by atoms with Gasteiger partial charge in [-0.3, -0.25) is 5.32 Å². The van der Waals surface area contributed by atoms with Gasteiger partial charge in [-0.25, -0.2) is 14.6 Å². The Morgan fingerprint density at radius 1 is 1.47 bits per heavy atom. The van der Waals surface area contributed by atoms with E-state index in [-0.39, 0.29) is 12.1 Å². The second-order valence-corrected chi connectivity index (χ2v) is 5.29. The van der Waals surface area contributed by atoms with E-state index in [1.807, 2.05) is 13.8 Å². The van der Waals surface area contributed by atoms with Gasteiger partial charge in [-0.15, -0.1) is 0 Å². The summed E-state index contributed by atoms with van der Waals surface area (Å²) in [5.41, 5.74) is 0.561. The number of hydrogen-bond donors (Lipinski definition) is 1. The molecule has 0 aromatic carbocycles. The van der Waals surface area contributed by atoms with Gasteiger partial charge in [-0.2, -0.15) is 0 Å². The van der Waals surface area contributed by atoms with Gasteiger partial charge in [0.25, 0.3) is 0 Å². The fourth-order valence-electron chi connectivity index (χ4n) is 1.25. The molecule has 0 atom stereocenters. The Morgan fingerprint density at radius 3 is 2.63 bits per heavy atom. The van der Waals surface area contributed by atoms with Crippen molar-refractivity contribution in [2.75, 3.05) is 19.0 Å². The molecule has 6 nitrogen and oxygen atoms in total. The maximum atomic E-state index is 11.8. The zero-order chi connectivity index (χ0) is 14.6. The number of nitrogens with zero attached hydrogens (tertiary/aromatic N) is 2. The molecule has 0 aliphatic carbocycles. The normalized spacial score (nSPS) is 10.4. The van der Waals surface area contributed by atoms with Gasteiger partial charge in [0.15, 0.2) is 5.13 Å². The standard InChI is InChI=1S/C12H19N3O3S/c1-6-18-10(16)9-8(4)13-11(19-9)14-12(17)15(5)7(2)3/h7H,6H2,1-5H3,(H,13,14,17). The summed E-state index contributed by atoms with van der Waals surface area (Å²) in [5, 5.41) is 3.07. The Labute approximate surface area is 116 Å². The lowest BCUT2D eigenvalue weighted by molar-refractivity contribution is 0.0531. The summed E-state index contributed by atoms with van der Waals surface area (Å²) < 4.78 is 4.92. The van der Waals surface area contributed by atoms with Gasteiger partial charge in [0.2, 0.25) is 0 Å². The number of carbonyl (C=O) groups is 2. The lowest BCUT2D eigenvalue weighted by Crippen LogP contribution is -2.36. The number of rotatable bonds is 4. The van der Waals surface area contributed by atoms with Crippen molar-refractivity contribution in [1.29, 1.82) is 0 Å². The van der Waals surface area contributed by atoms with Gasteiger partial charge in [0.05, 0.1) is 12.3 Å². The molecule has 0 unspecified atom stereocenters. The van der Waals surface area contributed by atoms with Crippen LogP contribution >= 0.6 is 11.3 Å². The number of aryl methyl sites for hydroxylation is 1. The number of aromatic nitrogens is 1. The van der Waals surface area contributed by atoms with Crippen LogP contribution in [0.4, 0.5) is 9.93 Å². The molecule has 0 saturated carbocycles. The van der Waals surface area contributed by atoms with Gasteiger partial charge in [-0.05, 0) is 27.7 Å². The summed E-state index contributed by atoms with van der Waals surface area (Å²) in [7, 11) is 1.70. The molecule has 0 saturated heterocycles. The first kappa shape index (κ1) is 15.4. The van der Waals surface area contributed by atoms with Gasteiger partial charge in [-0.1, -0.05) is 11.3 Å². The van der Waals surface area contributed by atoms with Crippen LogP contribution in [0, 0.1) is 6.92 Å². The number of anilines is 1. The molecule has 0 aliphatic rings. The van der Waals surface area contributed by atoms with Crippen LogP contribution < -0.4 is 5.32 Å². The third-order valence-electron chi connectivity index (χ3n) is 2.57. The second kappa shape index (κ2) is 6.51. The molecule has 1 N–H and O–H groups in total. The average molecular weight is 285 g/mol. The lowest BCUT2D eigenvalue weighted by Gasteiger charge is -2.20. The van der Waals surface area contributed by atoms with Crippen LogP contribution in [0.2, 0.25) is 0 Å². The molecule has 0 bridgehead atoms. The maximum Gasteiger partial charge on any atom is 0.350 e. The van der Waals surface area contributed by atoms with Crippen molar-refractivity contribution in [3.05, 3.63) is 10.6 Å². The van der Waals surface area contributed by atoms with E-state index < -0.39 is 5.97 Å². The molecule has 106 valence electrons.